The van der Waals surface area contributed by atoms with Crippen LogP contribution in [0, 0.1) is 11.8 Å². The minimum absolute atomic E-state index is 0.535. The summed E-state index contributed by atoms with van der Waals surface area (Å²) in [6.07, 6.45) is 2.19. The molecule has 106 valence electrons. The molecular formula is C16H25ClN2. The Bertz CT molecular complexity index is 433. The van der Waals surface area contributed by atoms with Crippen LogP contribution in [0.1, 0.15) is 32.8 Å². The first kappa shape index (κ1) is 14.7. The summed E-state index contributed by atoms with van der Waals surface area (Å²) < 4.78 is 0. The van der Waals surface area contributed by atoms with E-state index in [2.05, 4.69) is 31.7 Å². The SMILES string of the molecule is CC1CC(C)C(C)N(c2c(Cl)cccc2CCN)C1. The number of benzene rings is 1. The van der Waals surface area contributed by atoms with E-state index in [4.69, 9.17) is 17.3 Å². The van der Waals surface area contributed by atoms with Crippen molar-refractivity contribution in [3.63, 3.8) is 0 Å². The Morgan fingerprint density at radius 1 is 1.32 bits per heavy atom. The molecule has 0 amide bonds. The highest BCUT2D eigenvalue weighted by Gasteiger charge is 2.30. The van der Waals surface area contributed by atoms with Gasteiger partial charge < -0.3 is 10.6 Å². The van der Waals surface area contributed by atoms with Gasteiger partial charge in [0.2, 0.25) is 0 Å². The molecule has 19 heavy (non-hydrogen) atoms. The Labute approximate surface area is 121 Å². The van der Waals surface area contributed by atoms with Crippen LogP contribution in [0.25, 0.3) is 0 Å². The largest absolute Gasteiger partial charge is 0.367 e. The van der Waals surface area contributed by atoms with E-state index in [0.717, 1.165) is 18.0 Å². The number of halogens is 1. The lowest BCUT2D eigenvalue weighted by Crippen LogP contribution is -2.46. The van der Waals surface area contributed by atoms with Crippen LogP contribution in [-0.4, -0.2) is 19.1 Å². The molecule has 1 fully saturated rings. The molecule has 0 aromatic heterocycles. The molecule has 1 aromatic carbocycles. The Kier molecular flexibility index (Phi) is 4.75. The topological polar surface area (TPSA) is 29.3 Å². The molecule has 1 aromatic rings. The highest BCUT2D eigenvalue weighted by Crippen LogP contribution is 2.37. The van der Waals surface area contributed by atoms with Gasteiger partial charge in [-0.1, -0.05) is 37.6 Å². The molecule has 1 saturated heterocycles. The third kappa shape index (κ3) is 3.06. The lowest BCUT2D eigenvalue weighted by Gasteiger charge is -2.43. The number of anilines is 1. The predicted molar refractivity (Wildman–Crippen MR) is 84.0 cm³/mol. The molecule has 2 N–H and O–H groups in total. The monoisotopic (exact) mass is 280 g/mol. The second-order valence-electron chi connectivity index (χ2n) is 6.00. The standard InChI is InChI=1S/C16H25ClN2/c1-11-9-12(2)13(3)19(10-11)16-14(7-8-18)5-4-6-15(16)17/h4-6,11-13H,7-10,18H2,1-3H3. The first-order valence-corrected chi connectivity index (χ1v) is 7.66. The molecule has 3 atom stereocenters. The van der Waals surface area contributed by atoms with Gasteiger partial charge in [-0.05, 0) is 49.8 Å². The Hall–Kier alpha value is -0.730. The Balaban J connectivity index is 2.38. The van der Waals surface area contributed by atoms with Gasteiger partial charge in [-0.15, -0.1) is 0 Å². The van der Waals surface area contributed by atoms with Gasteiger partial charge in [0.15, 0.2) is 0 Å². The van der Waals surface area contributed by atoms with Crippen molar-refractivity contribution < 1.29 is 0 Å². The molecule has 0 radical (unpaired) electrons. The van der Waals surface area contributed by atoms with E-state index in [0.29, 0.717) is 24.4 Å². The van der Waals surface area contributed by atoms with Crippen LogP contribution in [0.4, 0.5) is 5.69 Å². The summed E-state index contributed by atoms with van der Waals surface area (Å²) in [5.74, 6) is 1.42. The van der Waals surface area contributed by atoms with Crippen LogP contribution in [0.5, 0.6) is 0 Å². The number of piperidine rings is 1. The number of hydrogen-bond donors (Lipinski definition) is 1. The zero-order chi connectivity index (χ0) is 14.0. The molecule has 3 heteroatoms. The average molecular weight is 281 g/mol. The zero-order valence-corrected chi connectivity index (χ0v) is 13.0. The van der Waals surface area contributed by atoms with E-state index in [1.54, 1.807) is 0 Å². The number of hydrogen-bond acceptors (Lipinski definition) is 2. The van der Waals surface area contributed by atoms with E-state index in [1.165, 1.54) is 17.7 Å². The van der Waals surface area contributed by atoms with Crippen molar-refractivity contribution in [2.75, 3.05) is 18.0 Å². The Morgan fingerprint density at radius 3 is 2.74 bits per heavy atom. The number of nitrogens with zero attached hydrogens (tertiary/aromatic N) is 1. The van der Waals surface area contributed by atoms with Gasteiger partial charge in [-0.2, -0.15) is 0 Å². The summed E-state index contributed by atoms with van der Waals surface area (Å²) in [4.78, 5) is 2.49. The maximum atomic E-state index is 6.48. The molecular weight excluding hydrogens is 256 g/mol. The smallest absolute Gasteiger partial charge is 0.0642 e. The summed E-state index contributed by atoms with van der Waals surface area (Å²) in [6.45, 7) is 8.74. The second-order valence-corrected chi connectivity index (χ2v) is 6.40. The van der Waals surface area contributed by atoms with Crippen molar-refractivity contribution in [1.82, 2.24) is 0 Å². The fourth-order valence-corrected chi connectivity index (χ4v) is 3.55. The van der Waals surface area contributed by atoms with E-state index < -0.39 is 0 Å². The zero-order valence-electron chi connectivity index (χ0n) is 12.2. The third-order valence-corrected chi connectivity index (χ3v) is 4.67. The number of rotatable bonds is 3. The summed E-state index contributed by atoms with van der Waals surface area (Å²) >= 11 is 6.48. The van der Waals surface area contributed by atoms with Crippen LogP contribution < -0.4 is 10.6 Å². The summed E-state index contributed by atoms with van der Waals surface area (Å²) in [6, 6.07) is 6.71. The lowest BCUT2D eigenvalue weighted by atomic mass is 9.85. The predicted octanol–water partition coefficient (Wildman–Crippen LogP) is 3.71. The molecule has 0 spiro atoms. The Morgan fingerprint density at radius 2 is 2.05 bits per heavy atom. The molecule has 0 bridgehead atoms. The van der Waals surface area contributed by atoms with Gasteiger partial charge in [0.25, 0.3) is 0 Å². The van der Waals surface area contributed by atoms with Crippen molar-refractivity contribution in [3.8, 4) is 0 Å². The number of para-hydroxylation sites is 1. The van der Waals surface area contributed by atoms with Gasteiger partial charge >= 0.3 is 0 Å². The van der Waals surface area contributed by atoms with Crippen molar-refractivity contribution in [1.29, 1.82) is 0 Å². The van der Waals surface area contributed by atoms with Crippen LogP contribution in [-0.2, 0) is 6.42 Å². The van der Waals surface area contributed by atoms with E-state index in [-0.39, 0.29) is 0 Å². The van der Waals surface area contributed by atoms with Crippen LogP contribution >= 0.6 is 11.6 Å². The third-order valence-electron chi connectivity index (χ3n) is 4.37. The fraction of sp³-hybridized carbons (Fsp3) is 0.625. The molecule has 2 rings (SSSR count). The van der Waals surface area contributed by atoms with Gasteiger partial charge in [0.05, 0.1) is 10.7 Å². The van der Waals surface area contributed by atoms with Gasteiger partial charge in [0, 0.05) is 12.6 Å². The van der Waals surface area contributed by atoms with Crippen molar-refractivity contribution in [3.05, 3.63) is 28.8 Å². The first-order chi connectivity index (χ1) is 9.04. The van der Waals surface area contributed by atoms with Crippen LogP contribution in [0.3, 0.4) is 0 Å². The van der Waals surface area contributed by atoms with E-state index in [1.807, 2.05) is 12.1 Å². The van der Waals surface area contributed by atoms with Crippen LogP contribution in [0.2, 0.25) is 5.02 Å². The van der Waals surface area contributed by atoms with Gasteiger partial charge in [-0.25, -0.2) is 0 Å². The number of nitrogens with two attached hydrogens (primary N) is 1. The lowest BCUT2D eigenvalue weighted by molar-refractivity contribution is 0.296. The molecule has 1 aliphatic heterocycles. The molecule has 0 aliphatic carbocycles. The normalized spacial score (nSPS) is 27.6. The fourth-order valence-electron chi connectivity index (χ4n) is 3.25. The van der Waals surface area contributed by atoms with E-state index >= 15 is 0 Å². The molecule has 2 nitrogen and oxygen atoms in total. The van der Waals surface area contributed by atoms with Crippen molar-refractivity contribution in [2.45, 2.75) is 39.7 Å². The molecule has 0 saturated carbocycles. The summed E-state index contributed by atoms with van der Waals surface area (Å²) in [7, 11) is 0. The van der Waals surface area contributed by atoms with E-state index in [9.17, 15) is 0 Å². The first-order valence-electron chi connectivity index (χ1n) is 7.28. The van der Waals surface area contributed by atoms with Crippen LogP contribution in [0.15, 0.2) is 18.2 Å². The summed E-state index contributed by atoms with van der Waals surface area (Å²) in [5, 5.41) is 0.860. The quantitative estimate of drug-likeness (QED) is 0.914. The molecule has 3 unspecified atom stereocenters. The van der Waals surface area contributed by atoms with Crippen molar-refractivity contribution in [2.24, 2.45) is 17.6 Å². The molecule has 1 aliphatic rings. The maximum absolute atomic E-state index is 6.48. The maximum Gasteiger partial charge on any atom is 0.0642 e. The molecule has 1 heterocycles. The highest BCUT2D eigenvalue weighted by atomic mass is 35.5. The van der Waals surface area contributed by atoms with Crippen molar-refractivity contribution >= 4 is 17.3 Å². The average Bonchev–Trinajstić information content (AvgIpc) is 2.35. The summed E-state index contributed by atoms with van der Waals surface area (Å²) in [5.41, 5.74) is 8.23. The highest BCUT2D eigenvalue weighted by molar-refractivity contribution is 6.33. The second kappa shape index (κ2) is 6.15. The minimum Gasteiger partial charge on any atom is -0.367 e. The van der Waals surface area contributed by atoms with Gasteiger partial charge in [0.1, 0.15) is 0 Å². The van der Waals surface area contributed by atoms with Gasteiger partial charge in [-0.3, -0.25) is 0 Å². The minimum atomic E-state index is 0.535.